The van der Waals surface area contributed by atoms with Crippen LogP contribution >= 0.6 is 12.4 Å². The fraction of sp³-hybridized carbons (Fsp3) is 0.300. The number of benzene rings is 2. The number of aromatic nitrogens is 2. The third kappa shape index (κ3) is 4.67. The van der Waals surface area contributed by atoms with Crippen molar-refractivity contribution >= 4 is 22.4 Å². The Balaban J connectivity index is 0.00000240. The van der Waals surface area contributed by atoms with Crippen LogP contribution in [-0.4, -0.2) is 18.6 Å². The van der Waals surface area contributed by atoms with E-state index < -0.39 is 15.6 Å². The quantitative estimate of drug-likeness (QED) is 0.615. The minimum Gasteiger partial charge on any atom is -0.334 e. The van der Waals surface area contributed by atoms with Crippen molar-refractivity contribution in [2.45, 2.75) is 42.7 Å². The molecular formula is C20H23ClN4O3S. The van der Waals surface area contributed by atoms with E-state index in [0.29, 0.717) is 11.4 Å². The van der Waals surface area contributed by atoms with E-state index >= 15 is 0 Å². The van der Waals surface area contributed by atoms with Crippen molar-refractivity contribution in [1.82, 2.24) is 14.9 Å². The van der Waals surface area contributed by atoms with Crippen molar-refractivity contribution < 1.29 is 12.9 Å². The summed E-state index contributed by atoms with van der Waals surface area (Å²) < 4.78 is 33.3. The van der Waals surface area contributed by atoms with Crippen molar-refractivity contribution in [3.05, 3.63) is 66.0 Å². The molecule has 7 nitrogen and oxygen atoms in total. The van der Waals surface area contributed by atoms with E-state index in [4.69, 9.17) is 10.3 Å². The molecule has 0 bridgehead atoms. The predicted molar refractivity (Wildman–Crippen MR) is 112 cm³/mol. The number of halogens is 1. The third-order valence-corrected chi connectivity index (χ3v) is 6.47. The highest BCUT2D eigenvalue weighted by Crippen LogP contribution is 2.35. The number of sulfonamides is 1. The first kappa shape index (κ1) is 21.4. The van der Waals surface area contributed by atoms with Gasteiger partial charge in [-0.15, -0.1) is 12.4 Å². The molecule has 9 heteroatoms. The summed E-state index contributed by atoms with van der Waals surface area (Å²) in [7, 11) is -3.67. The Hall–Kier alpha value is -2.26. The largest absolute Gasteiger partial charge is 0.334 e. The van der Waals surface area contributed by atoms with Crippen molar-refractivity contribution in [3.8, 4) is 11.5 Å². The highest BCUT2D eigenvalue weighted by molar-refractivity contribution is 7.89. The maximum absolute atomic E-state index is 12.7. The Morgan fingerprint density at radius 2 is 1.79 bits per heavy atom. The minimum atomic E-state index is -3.67. The molecule has 0 aliphatic heterocycles. The smallest absolute Gasteiger partial charge is 0.258 e. The summed E-state index contributed by atoms with van der Waals surface area (Å²) in [5, 5.41) is 4.04. The van der Waals surface area contributed by atoms with Gasteiger partial charge >= 0.3 is 0 Å². The summed E-state index contributed by atoms with van der Waals surface area (Å²) in [6, 6.07) is 15.8. The van der Waals surface area contributed by atoms with Crippen molar-refractivity contribution in [1.29, 1.82) is 0 Å². The van der Waals surface area contributed by atoms with E-state index in [1.807, 2.05) is 30.3 Å². The topological polar surface area (TPSA) is 111 Å². The first-order chi connectivity index (χ1) is 13.5. The summed E-state index contributed by atoms with van der Waals surface area (Å²) in [5.41, 5.74) is 7.25. The summed E-state index contributed by atoms with van der Waals surface area (Å²) in [6.07, 6.45) is 3.73. The summed E-state index contributed by atoms with van der Waals surface area (Å²) in [4.78, 5) is 4.58. The summed E-state index contributed by atoms with van der Waals surface area (Å²) >= 11 is 0. The molecule has 0 amide bonds. The highest BCUT2D eigenvalue weighted by atomic mass is 35.5. The Labute approximate surface area is 176 Å². The zero-order valence-electron chi connectivity index (χ0n) is 15.7. The number of nitrogens with zero attached hydrogens (tertiary/aromatic N) is 2. The van der Waals surface area contributed by atoms with Crippen molar-refractivity contribution in [2.75, 3.05) is 0 Å². The van der Waals surface area contributed by atoms with Crippen LogP contribution in [0.15, 0.2) is 64.0 Å². The molecule has 1 saturated carbocycles. The Morgan fingerprint density at radius 1 is 1.07 bits per heavy atom. The molecule has 4 rings (SSSR count). The van der Waals surface area contributed by atoms with Gasteiger partial charge in [-0.05, 0) is 36.6 Å². The van der Waals surface area contributed by atoms with Gasteiger partial charge in [0.25, 0.3) is 5.89 Å². The van der Waals surface area contributed by atoms with Gasteiger partial charge in [0, 0.05) is 12.1 Å². The second-order valence-corrected chi connectivity index (χ2v) is 8.89. The molecule has 0 atom stereocenters. The molecule has 0 unspecified atom stereocenters. The standard InChI is InChI=1S/C20H22N4O3S.ClH/c21-20(11-4-5-12-20)19-23-18(27-24-19)16-9-6-10-17(13-16)28(25,26)22-14-15-7-2-1-3-8-15;/h1-3,6-10,13,22H,4-5,11-12,14,21H2;1H. The van der Waals surface area contributed by atoms with Gasteiger partial charge in [-0.3, -0.25) is 0 Å². The lowest BCUT2D eigenvalue weighted by molar-refractivity contribution is 0.372. The van der Waals surface area contributed by atoms with E-state index in [1.165, 1.54) is 12.1 Å². The van der Waals surface area contributed by atoms with Gasteiger partial charge in [0.15, 0.2) is 5.82 Å². The van der Waals surface area contributed by atoms with E-state index in [-0.39, 0.29) is 29.7 Å². The fourth-order valence-corrected chi connectivity index (χ4v) is 4.49. The van der Waals surface area contributed by atoms with Crippen LogP contribution in [0, 0.1) is 0 Å². The van der Waals surface area contributed by atoms with Crippen LogP contribution in [0.4, 0.5) is 0 Å². The van der Waals surface area contributed by atoms with Gasteiger partial charge in [-0.2, -0.15) is 4.98 Å². The Morgan fingerprint density at radius 3 is 2.52 bits per heavy atom. The van der Waals surface area contributed by atoms with Gasteiger partial charge in [0.05, 0.1) is 10.4 Å². The Bertz CT molecular complexity index is 1060. The second-order valence-electron chi connectivity index (χ2n) is 7.12. The second kappa shape index (κ2) is 8.62. The molecule has 1 aliphatic rings. The normalized spacial score (nSPS) is 15.8. The van der Waals surface area contributed by atoms with E-state index in [2.05, 4.69) is 14.9 Å². The van der Waals surface area contributed by atoms with Crippen LogP contribution < -0.4 is 10.5 Å². The summed E-state index contributed by atoms with van der Waals surface area (Å²) in [5.74, 6) is 0.752. The van der Waals surface area contributed by atoms with Gasteiger partial charge in [-0.25, -0.2) is 13.1 Å². The lowest BCUT2D eigenvalue weighted by atomic mass is 9.99. The zero-order valence-corrected chi connectivity index (χ0v) is 17.4. The average molecular weight is 435 g/mol. The zero-order chi connectivity index (χ0) is 19.6. The van der Waals surface area contributed by atoms with Crippen LogP contribution in [0.25, 0.3) is 11.5 Å². The summed E-state index contributed by atoms with van der Waals surface area (Å²) in [6.45, 7) is 0.216. The molecule has 1 aromatic heterocycles. The molecule has 1 heterocycles. The molecule has 29 heavy (non-hydrogen) atoms. The first-order valence-corrected chi connectivity index (χ1v) is 10.7. The van der Waals surface area contributed by atoms with Crippen molar-refractivity contribution in [2.24, 2.45) is 5.73 Å². The van der Waals surface area contributed by atoms with Crippen LogP contribution in [0.5, 0.6) is 0 Å². The molecule has 3 aromatic rings. The number of nitrogens with one attached hydrogen (secondary N) is 1. The van der Waals surface area contributed by atoms with E-state index in [1.54, 1.807) is 12.1 Å². The molecule has 3 N–H and O–H groups in total. The van der Waals surface area contributed by atoms with Gasteiger partial charge in [0.1, 0.15) is 0 Å². The number of rotatable bonds is 6. The van der Waals surface area contributed by atoms with Crippen LogP contribution in [-0.2, 0) is 22.1 Å². The number of hydrogen-bond acceptors (Lipinski definition) is 6. The maximum atomic E-state index is 12.7. The molecule has 2 aromatic carbocycles. The van der Waals surface area contributed by atoms with Crippen LogP contribution in [0.1, 0.15) is 37.1 Å². The molecule has 1 fully saturated rings. The molecule has 0 spiro atoms. The average Bonchev–Trinajstić information content (AvgIpc) is 3.38. The fourth-order valence-electron chi connectivity index (χ4n) is 3.43. The molecular weight excluding hydrogens is 412 g/mol. The monoisotopic (exact) mass is 434 g/mol. The van der Waals surface area contributed by atoms with E-state index in [9.17, 15) is 8.42 Å². The Kier molecular flexibility index (Phi) is 6.38. The van der Waals surface area contributed by atoms with Gasteiger partial charge in [0.2, 0.25) is 10.0 Å². The van der Waals surface area contributed by atoms with E-state index in [0.717, 1.165) is 31.2 Å². The first-order valence-electron chi connectivity index (χ1n) is 9.23. The number of nitrogens with two attached hydrogens (primary N) is 1. The molecule has 0 radical (unpaired) electrons. The maximum Gasteiger partial charge on any atom is 0.258 e. The van der Waals surface area contributed by atoms with Crippen molar-refractivity contribution in [3.63, 3.8) is 0 Å². The van der Waals surface area contributed by atoms with Crippen LogP contribution in [0.2, 0.25) is 0 Å². The lowest BCUT2D eigenvalue weighted by Crippen LogP contribution is -2.34. The highest BCUT2D eigenvalue weighted by Gasteiger charge is 2.36. The molecule has 154 valence electrons. The van der Waals surface area contributed by atoms with Crippen LogP contribution in [0.3, 0.4) is 0 Å². The SMILES string of the molecule is Cl.NC1(c2noc(-c3cccc(S(=O)(=O)NCc4ccccc4)c3)n2)CCCC1. The lowest BCUT2D eigenvalue weighted by Gasteiger charge is -2.17. The minimum absolute atomic E-state index is 0. The van der Waals surface area contributed by atoms with Gasteiger partial charge < -0.3 is 10.3 Å². The van der Waals surface area contributed by atoms with Gasteiger partial charge in [-0.1, -0.05) is 54.4 Å². The number of hydrogen-bond donors (Lipinski definition) is 2. The molecule has 0 saturated heterocycles. The predicted octanol–water partition coefficient (Wildman–Crippen LogP) is 3.36. The molecule has 1 aliphatic carbocycles. The third-order valence-electron chi connectivity index (χ3n) is 5.07.